The average Bonchev–Trinajstić information content (AvgIpc) is 2.88. The molecule has 3 amide bonds. The maximum Gasteiger partial charge on any atom is 0.324 e. The van der Waals surface area contributed by atoms with Crippen LogP contribution in [0.4, 0.5) is 4.79 Å². The number of aromatic nitrogens is 2. The molecule has 0 saturated carbocycles. The average molecular weight is 222 g/mol. The van der Waals surface area contributed by atoms with Crippen LogP contribution in [0.25, 0.3) is 0 Å². The van der Waals surface area contributed by atoms with Crippen molar-refractivity contribution < 1.29 is 9.59 Å². The molecule has 2 rings (SSSR count). The molecule has 0 aromatic carbocycles. The number of urea groups is 1. The minimum Gasteiger partial charge on any atom is -0.336 e. The Balaban J connectivity index is 1.73. The zero-order chi connectivity index (χ0) is 11.4. The Labute approximate surface area is 93.3 Å². The number of likely N-dealkylation sites (tertiary alicyclic amines) is 1. The molecule has 1 aromatic heterocycles. The minimum absolute atomic E-state index is 0.0832. The van der Waals surface area contributed by atoms with Crippen LogP contribution in [0.3, 0.4) is 0 Å². The molecular weight excluding hydrogens is 208 g/mol. The van der Waals surface area contributed by atoms with Crippen molar-refractivity contribution in [2.75, 3.05) is 13.1 Å². The van der Waals surface area contributed by atoms with Crippen LogP contribution in [0.1, 0.15) is 12.8 Å². The summed E-state index contributed by atoms with van der Waals surface area (Å²) in [5.41, 5.74) is 0. The monoisotopic (exact) mass is 222 g/mol. The van der Waals surface area contributed by atoms with Crippen LogP contribution in [-0.2, 0) is 11.3 Å². The molecule has 2 heterocycles. The molecule has 0 spiro atoms. The van der Waals surface area contributed by atoms with Gasteiger partial charge in [-0.1, -0.05) is 0 Å². The van der Waals surface area contributed by atoms with Crippen LogP contribution < -0.4 is 5.32 Å². The molecule has 16 heavy (non-hydrogen) atoms. The van der Waals surface area contributed by atoms with Gasteiger partial charge in [0, 0.05) is 38.4 Å². The van der Waals surface area contributed by atoms with E-state index in [1.807, 2.05) is 10.8 Å². The van der Waals surface area contributed by atoms with Crippen LogP contribution in [-0.4, -0.2) is 39.5 Å². The van der Waals surface area contributed by atoms with Crippen LogP contribution in [0.15, 0.2) is 18.7 Å². The SMILES string of the molecule is O=C1CCCN1C(=O)NCCn1ccnc1. The predicted molar refractivity (Wildman–Crippen MR) is 56.6 cm³/mol. The van der Waals surface area contributed by atoms with Crippen molar-refractivity contribution in [2.24, 2.45) is 0 Å². The number of rotatable bonds is 3. The molecular formula is C10H14N4O2. The second-order valence-electron chi connectivity index (χ2n) is 3.68. The zero-order valence-corrected chi connectivity index (χ0v) is 8.93. The summed E-state index contributed by atoms with van der Waals surface area (Å²) >= 11 is 0. The molecule has 0 radical (unpaired) electrons. The molecule has 1 fully saturated rings. The largest absolute Gasteiger partial charge is 0.336 e. The fraction of sp³-hybridized carbons (Fsp3) is 0.500. The van der Waals surface area contributed by atoms with Crippen LogP contribution in [0, 0.1) is 0 Å². The predicted octanol–water partition coefficient (Wildman–Crippen LogP) is 0.215. The summed E-state index contributed by atoms with van der Waals surface area (Å²) in [5.74, 6) is -0.0832. The molecule has 0 bridgehead atoms. The van der Waals surface area contributed by atoms with Gasteiger partial charge in [-0.3, -0.25) is 9.69 Å². The van der Waals surface area contributed by atoms with Gasteiger partial charge in [0.2, 0.25) is 5.91 Å². The lowest BCUT2D eigenvalue weighted by atomic mass is 10.4. The lowest BCUT2D eigenvalue weighted by Crippen LogP contribution is -2.41. The number of hydrogen-bond donors (Lipinski definition) is 1. The van der Waals surface area contributed by atoms with E-state index in [0.29, 0.717) is 26.1 Å². The van der Waals surface area contributed by atoms with Gasteiger partial charge < -0.3 is 9.88 Å². The fourth-order valence-corrected chi connectivity index (χ4v) is 1.67. The van der Waals surface area contributed by atoms with E-state index in [1.165, 1.54) is 4.90 Å². The Kier molecular flexibility index (Phi) is 3.19. The number of carbonyl (C=O) groups excluding carboxylic acids is 2. The molecule has 6 nitrogen and oxygen atoms in total. The van der Waals surface area contributed by atoms with Gasteiger partial charge in [0.1, 0.15) is 0 Å². The standard InChI is InChI=1S/C10H14N4O2/c15-9-2-1-5-14(9)10(16)12-4-7-13-6-3-11-8-13/h3,6,8H,1-2,4-5,7H2,(H,12,16). The van der Waals surface area contributed by atoms with Crippen molar-refractivity contribution >= 4 is 11.9 Å². The number of nitrogens with zero attached hydrogens (tertiary/aromatic N) is 3. The molecule has 0 aliphatic carbocycles. The third-order valence-corrected chi connectivity index (χ3v) is 2.52. The number of nitrogens with one attached hydrogen (secondary N) is 1. The molecule has 1 aliphatic heterocycles. The number of carbonyl (C=O) groups is 2. The van der Waals surface area contributed by atoms with Crippen molar-refractivity contribution in [3.05, 3.63) is 18.7 Å². The van der Waals surface area contributed by atoms with Gasteiger partial charge in [-0.15, -0.1) is 0 Å². The van der Waals surface area contributed by atoms with Crippen molar-refractivity contribution in [3.8, 4) is 0 Å². The molecule has 1 aromatic rings. The summed E-state index contributed by atoms with van der Waals surface area (Å²) in [5, 5.41) is 2.71. The minimum atomic E-state index is -0.289. The van der Waals surface area contributed by atoms with Gasteiger partial charge in [-0.25, -0.2) is 9.78 Å². The quantitative estimate of drug-likeness (QED) is 0.795. The highest BCUT2D eigenvalue weighted by atomic mass is 16.2. The Morgan fingerprint density at radius 3 is 3.06 bits per heavy atom. The summed E-state index contributed by atoms with van der Waals surface area (Å²) in [6, 6.07) is -0.289. The van der Waals surface area contributed by atoms with Gasteiger partial charge in [-0.05, 0) is 6.42 Å². The van der Waals surface area contributed by atoms with Gasteiger partial charge >= 0.3 is 6.03 Å². The van der Waals surface area contributed by atoms with Crippen molar-refractivity contribution in [2.45, 2.75) is 19.4 Å². The van der Waals surface area contributed by atoms with Gasteiger partial charge in [0.05, 0.1) is 6.33 Å². The summed E-state index contributed by atoms with van der Waals surface area (Å²) in [4.78, 5) is 28.0. The van der Waals surface area contributed by atoms with Crippen LogP contribution >= 0.6 is 0 Å². The molecule has 86 valence electrons. The van der Waals surface area contributed by atoms with E-state index in [9.17, 15) is 9.59 Å². The lowest BCUT2D eigenvalue weighted by Gasteiger charge is -2.14. The molecule has 1 saturated heterocycles. The first-order valence-electron chi connectivity index (χ1n) is 5.31. The Morgan fingerprint density at radius 2 is 2.44 bits per heavy atom. The van der Waals surface area contributed by atoms with Gasteiger partial charge in [0.25, 0.3) is 0 Å². The van der Waals surface area contributed by atoms with Crippen molar-refractivity contribution in [1.82, 2.24) is 19.8 Å². The number of amides is 3. The summed E-state index contributed by atoms with van der Waals surface area (Å²) in [6.45, 7) is 1.70. The summed E-state index contributed by atoms with van der Waals surface area (Å²) < 4.78 is 1.87. The number of imide groups is 1. The first-order chi connectivity index (χ1) is 7.77. The van der Waals surface area contributed by atoms with Crippen LogP contribution in [0.2, 0.25) is 0 Å². The molecule has 1 aliphatic rings. The number of imidazole rings is 1. The zero-order valence-electron chi connectivity index (χ0n) is 8.93. The first-order valence-corrected chi connectivity index (χ1v) is 5.31. The lowest BCUT2D eigenvalue weighted by molar-refractivity contribution is -0.125. The van der Waals surface area contributed by atoms with E-state index in [2.05, 4.69) is 10.3 Å². The van der Waals surface area contributed by atoms with E-state index >= 15 is 0 Å². The highest BCUT2D eigenvalue weighted by Crippen LogP contribution is 2.08. The third kappa shape index (κ3) is 2.39. The number of hydrogen-bond acceptors (Lipinski definition) is 3. The summed E-state index contributed by atoms with van der Waals surface area (Å²) in [7, 11) is 0. The highest BCUT2D eigenvalue weighted by molar-refractivity contribution is 5.95. The fourth-order valence-electron chi connectivity index (χ4n) is 1.67. The Bertz CT molecular complexity index is 374. The summed E-state index contributed by atoms with van der Waals surface area (Å²) in [6.07, 6.45) is 6.45. The Morgan fingerprint density at radius 1 is 1.56 bits per heavy atom. The van der Waals surface area contributed by atoms with E-state index in [0.717, 1.165) is 6.42 Å². The van der Waals surface area contributed by atoms with Gasteiger partial charge in [0.15, 0.2) is 0 Å². The topological polar surface area (TPSA) is 67.2 Å². The first kappa shape index (κ1) is 10.7. The molecule has 1 N–H and O–H groups in total. The molecule has 6 heteroatoms. The van der Waals surface area contributed by atoms with Gasteiger partial charge in [-0.2, -0.15) is 0 Å². The van der Waals surface area contributed by atoms with E-state index < -0.39 is 0 Å². The maximum atomic E-state index is 11.6. The highest BCUT2D eigenvalue weighted by Gasteiger charge is 2.25. The van der Waals surface area contributed by atoms with E-state index in [1.54, 1.807) is 12.5 Å². The molecule has 0 atom stereocenters. The van der Waals surface area contributed by atoms with Crippen molar-refractivity contribution in [1.29, 1.82) is 0 Å². The van der Waals surface area contributed by atoms with E-state index in [-0.39, 0.29) is 11.9 Å². The third-order valence-electron chi connectivity index (χ3n) is 2.52. The smallest absolute Gasteiger partial charge is 0.324 e. The maximum absolute atomic E-state index is 11.6. The second-order valence-corrected chi connectivity index (χ2v) is 3.68. The van der Waals surface area contributed by atoms with Crippen LogP contribution in [0.5, 0.6) is 0 Å². The van der Waals surface area contributed by atoms with E-state index in [4.69, 9.17) is 0 Å². The van der Waals surface area contributed by atoms with Crippen molar-refractivity contribution in [3.63, 3.8) is 0 Å². The Hall–Kier alpha value is -1.85. The second kappa shape index (κ2) is 4.78. The normalized spacial score (nSPS) is 15.5. The molecule has 0 unspecified atom stereocenters.